The third-order valence-corrected chi connectivity index (χ3v) is 15.8. The van der Waals surface area contributed by atoms with Gasteiger partial charge in [-0.2, -0.15) is 17.0 Å². The van der Waals surface area contributed by atoms with Gasteiger partial charge < -0.3 is 48.3 Å². The van der Waals surface area contributed by atoms with Crippen LogP contribution in [0.2, 0.25) is 0 Å². The molecule has 0 radical (unpaired) electrons. The van der Waals surface area contributed by atoms with E-state index in [2.05, 4.69) is 51.5 Å². The number of likely N-dealkylation sites (N-methyl/N-ethyl adjacent to an activating group) is 1. The van der Waals surface area contributed by atoms with Crippen LogP contribution in [0.4, 0.5) is 4.79 Å². The summed E-state index contributed by atoms with van der Waals surface area (Å²) < 4.78 is 47.7. The number of nitrogens with one attached hydrogen (secondary N) is 1. The number of ether oxygens (including phenoxy) is 8. The molecule has 5 aliphatic rings. The Bertz CT molecular complexity index is 2810. The number of aromatic hydroxyl groups is 1. The van der Waals surface area contributed by atoms with Gasteiger partial charge in [0.1, 0.15) is 31.0 Å². The van der Waals surface area contributed by atoms with E-state index in [1.165, 1.54) is 22.3 Å². The number of piperazine rings is 1. The molecule has 71 heavy (non-hydrogen) atoms. The molecular formula is C55H58N4O11S. The van der Waals surface area contributed by atoms with Gasteiger partial charge in [0, 0.05) is 58.9 Å². The maximum Gasteiger partial charge on any atom is 0.408 e. The van der Waals surface area contributed by atoms with Crippen LogP contribution in [0.25, 0.3) is 11.1 Å². The first-order valence-electron chi connectivity index (χ1n) is 24.0. The second-order valence-corrected chi connectivity index (χ2v) is 19.6. The molecule has 370 valence electrons. The molecule has 0 spiro atoms. The molecule has 5 aromatic rings. The number of phenolic OH excluding ortho intramolecular Hbond substituents is 1. The number of methoxy groups -OCH3 is 2. The lowest BCUT2D eigenvalue weighted by Crippen LogP contribution is -2.68. The summed E-state index contributed by atoms with van der Waals surface area (Å²) >= 11 is 1.55. The van der Waals surface area contributed by atoms with E-state index in [1.54, 1.807) is 32.9 Å². The lowest BCUT2D eigenvalue weighted by Gasteiger charge is -2.59. The first-order chi connectivity index (χ1) is 34.6. The highest BCUT2D eigenvalue weighted by molar-refractivity contribution is 7.99. The molecule has 0 aromatic heterocycles. The Morgan fingerprint density at radius 2 is 1.62 bits per heavy atom. The largest absolute Gasteiger partial charge is 0.507 e. The SMILES string of the molecule is COCCOCOc1c(OC)c(C)cc2c1[C@@H]1C3Cc4c(O)c(C)c5c(c4[C@H](COC(=O)[C@@H](CSCC4c6ccccc6-c6ccccc64)NC(=O)OCc4ccccc4)N3[C@@H](C#N)[C@@H](C2)N1C)OCO5. The number of esters is 1. The highest BCUT2D eigenvalue weighted by Crippen LogP contribution is 2.58. The second-order valence-electron chi connectivity index (χ2n) is 18.6. The Labute approximate surface area is 417 Å². The molecule has 1 aliphatic carbocycles. The van der Waals surface area contributed by atoms with Gasteiger partial charge in [-0.25, -0.2) is 9.59 Å². The molecule has 15 nitrogen and oxygen atoms in total. The van der Waals surface area contributed by atoms with Crippen LogP contribution in [-0.4, -0.2) is 117 Å². The first-order valence-corrected chi connectivity index (χ1v) is 25.1. The van der Waals surface area contributed by atoms with Crippen LogP contribution in [0.1, 0.15) is 68.1 Å². The summed E-state index contributed by atoms with van der Waals surface area (Å²) in [4.78, 5) is 32.7. The van der Waals surface area contributed by atoms with Crippen molar-refractivity contribution in [2.75, 3.05) is 66.2 Å². The molecule has 1 fully saturated rings. The Hall–Kier alpha value is -6.48. The van der Waals surface area contributed by atoms with Crippen molar-refractivity contribution >= 4 is 23.8 Å². The number of fused-ring (bicyclic) bond motifs is 12. The summed E-state index contributed by atoms with van der Waals surface area (Å²) in [6, 6.07) is 27.1. The average molecular weight is 983 g/mol. The van der Waals surface area contributed by atoms with E-state index < -0.39 is 36.2 Å². The minimum Gasteiger partial charge on any atom is -0.507 e. The van der Waals surface area contributed by atoms with Gasteiger partial charge in [0.05, 0.1) is 38.5 Å². The first kappa shape index (κ1) is 48.2. The Balaban J connectivity index is 0.983. The number of carbonyl (C=O) groups excluding carboxylic acids is 2. The Morgan fingerprint density at radius 3 is 2.34 bits per heavy atom. The quantitative estimate of drug-likeness (QED) is 0.0523. The van der Waals surface area contributed by atoms with Crippen LogP contribution in [0, 0.1) is 25.2 Å². The number of nitriles is 1. The van der Waals surface area contributed by atoms with Crippen molar-refractivity contribution in [3.63, 3.8) is 0 Å². The topological polar surface area (TPSA) is 171 Å². The third kappa shape index (κ3) is 8.88. The van der Waals surface area contributed by atoms with Gasteiger partial charge in [-0.05, 0) is 72.7 Å². The number of phenols is 1. The summed E-state index contributed by atoms with van der Waals surface area (Å²) in [7, 11) is 5.24. The lowest BCUT2D eigenvalue weighted by atomic mass is 9.71. The second kappa shape index (κ2) is 20.7. The van der Waals surface area contributed by atoms with Gasteiger partial charge >= 0.3 is 12.1 Å². The summed E-state index contributed by atoms with van der Waals surface area (Å²) in [6.07, 6.45) is 0.0579. The molecule has 2 bridgehead atoms. The van der Waals surface area contributed by atoms with E-state index in [0.29, 0.717) is 71.5 Å². The van der Waals surface area contributed by atoms with E-state index in [0.717, 1.165) is 22.3 Å². The summed E-state index contributed by atoms with van der Waals surface area (Å²) in [5.74, 6) is 2.24. The summed E-state index contributed by atoms with van der Waals surface area (Å²) in [6.45, 7) is 4.14. The maximum absolute atomic E-state index is 14.8. The fourth-order valence-corrected chi connectivity index (χ4v) is 12.7. The van der Waals surface area contributed by atoms with Crippen molar-refractivity contribution < 1.29 is 52.6 Å². The zero-order chi connectivity index (χ0) is 49.3. The van der Waals surface area contributed by atoms with Gasteiger partial charge in [0.2, 0.25) is 6.79 Å². The van der Waals surface area contributed by atoms with Crippen molar-refractivity contribution in [1.29, 1.82) is 5.26 Å². The number of hydrogen-bond donors (Lipinski definition) is 2. The van der Waals surface area contributed by atoms with E-state index in [4.69, 9.17) is 37.9 Å². The predicted octanol–water partition coefficient (Wildman–Crippen LogP) is 7.90. The summed E-state index contributed by atoms with van der Waals surface area (Å²) in [5, 5.41) is 26.2. The number of alkyl carbamates (subject to hydrolysis) is 1. The van der Waals surface area contributed by atoms with Crippen molar-refractivity contribution in [2.45, 2.75) is 75.5 Å². The molecule has 16 heteroatoms. The number of rotatable bonds is 17. The lowest BCUT2D eigenvalue weighted by molar-refractivity contribution is -0.150. The van der Waals surface area contributed by atoms with Crippen molar-refractivity contribution in [3.05, 3.63) is 135 Å². The maximum atomic E-state index is 14.8. The molecule has 4 heterocycles. The molecular weight excluding hydrogens is 925 g/mol. The number of hydrogen-bond acceptors (Lipinski definition) is 15. The van der Waals surface area contributed by atoms with Gasteiger partial charge in [-0.15, -0.1) is 0 Å². The van der Waals surface area contributed by atoms with Gasteiger partial charge in [0.25, 0.3) is 0 Å². The minimum absolute atomic E-state index is 0.0109. The highest BCUT2D eigenvalue weighted by Gasteiger charge is 2.57. The molecule has 1 saturated heterocycles. The highest BCUT2D eigenvalue weighted by atomic mass is 32.2. The van der Waals surface area contributed by atoms with Crippen LogP contribution in [0.3, 0.4) is 0 Å². The zero-order valence-electron chi connectivity index (χ0n) is 40.5. The molecule has 0 saturated carbocycles. The fourth-order valence-electron chi connectivity index (χ4n) is 11.5. The number of amides is 1. The molecule has 1 unspecified atom stereocenters. The molecule has 10 rings (SSSR count). The van der Waals surface area contributed by atoms with E-state index in [9.17, 15) is 20.0 Å². The van der Waals surface area contributed by atoms with Gasteiger partial charge in [0.15, 0.2) is 29.8 Å². The molecule has 4 aliphatic heterocycles. The predicted molar refractivity (Wildman–Crippen MR) is 265 cm³/mol. The molecule has 5 aromatic carbocycles. The van der Waals surface area contributed by atoms with Crippen LogP contribution < -0.4 is 24.3 Å². The number of nitrogens with zero attached hydrogens (tertiary/aromatic N) is 3. The monoisotopic (exact) mass is 982 g/mol. The van der Waals surface area contributed by atoms with Crippen LogP contribution in [0.15, 0.2) is 84.9 Å². The van der Waals surface area contributed by atoms with Crippen LogP contribution in [0.5, 0.6) is 28.7 Å². The standard InChI is InChI=1S/C55H58N4O11S/c1-31-21-34-22-42-44(24-56)59-43(48(58(42)3)46(34)52(50(31)64-5)68-29-65-20-19-63-4)23-39-47(53-51(69-30-70-53)32(2)49(39)60)45(59)26-66-54(61)41(57-55(62)67-25-33-13-7-6-8-14-33)28-71-27-40-37-17-11-9-15-35(37)36-16-10-12-18-38(36)40/h6-18,21,40-45,48,60H,19-20,22-23,25-30H2,1-5H3,(H,57,62)/t41-,42-,43?,44+,45+,48+/m1/s1. The minimum atomic E-state index is -1.11. The smallest absolute Gasteiger partial charge is 0.408 e. The van der Waals surface area contributed by atoms with E-state index in [-0.39, 0.29) is 56.3 Å². The fraction of sp³-hybridized carbons (Fsp3) is 0.400. The van der Waals surface area contributed by atoms with Gasteiger partial charge in [-0.1, -0.05) is 84.9 Å². The normalized spacial score (nSPS) is 20.9. The van der Waals surface area contributed by atoms with Crippen molar-refractivity contribution in [2.24, 2.45) is 0 Å². The van der Waals surface area contributed by atoms with E-state index >= 15 is 0 Å². The Kier molecular flexibility index (Phi) is 14.0. The van der Waals surface area contributed by atoms with Crippen LogP contribution >= 0.6 is 11.8 Å². The average Bonchev–Trinajstić information content (AvgIpc) is 4.00. The Morgan fingerprint density at radius 1 is 0.901 bits per heavy atom. The van der Waals surface area contributed by atoms with Crippen LogP contribution in [-0.2, 0) is 43.2 Å². The van der Waals surface area contributed by atoms with Gasteiger partial charge in [-0.3, -0.25) is 9.80 Å². The summed E-state index contributed by atoms with van der Waals surface area (Å²) in [5.41, 5.74) is 10.2. The zero-order valence-corrected chi connectivity index (χ0v) is 41.3. The van der Waals surface area contributed by atoms with E-state index in [1.807, 2.05) is 68.6 Å². The third-order valence-electron chi connectivity index (χ3n) is 14.7. The van der Waals surface area contributed by atoms with Crippen molar-refractivity contribution in [3.8, 4) is 45.9 Å². The number of carbonyl (C=O) groups is 2. The van der Waals surface area contributed by atoms with Crippen molar-refractivity contribution in [1.82, 2.24) is 15.1 Å². The number of thioether (sulfide) groups is 1. The number of aryl methyl sites for hydroxylation is 1. The molecule has 6 atom stereocenters. The molecule has 1 amide bonds. The molecule has 2 N–H and O–H groups in total. The number of benzene rings is 5.